The molecule has 2 atom stereocenters. The average molecular weight is 320 g/mol. The molecule has 8 heteroatoms. The van der Waals surface area contributed by atoms with Gasteiger partial charge in [0.1, 0.15) is 12.1 Å². The van der Waals surface area contributed by atoms with Gasteiger partial charge in [-0.25, -0.2) is 0 Å². The van der Waals surface area contributed by atoms with Gasteiger partial charge in [-0.15, -0.1) is 0 Å². The molecule has 0 aromatic rings. The van der Waals surface area contributed by atoms with E-state index in [1.54, 1.807) is 13.8 Å². The highest BCUT2D eigenvalue weighted by atomic mass is 16.4. The summed E-state index contributed by atoms with van der Waals surface area (Å²) in [7, 11) is 0. The Labute approximate surface area is 130 Å². The second kappa shape index (κ2) is 10.5. The van der Waals surface area contributed by atoms with Crippen LogP contribution in [0.4, 0.5) is 0 Å². The standard InChI is InChI=1S/C9H19NO4.C5H9NO2/c1-9(2,6-12)7(13)8(14)10-4-3-5-11;7-5(8)4-2-1-3-6-4/h7,11-13H,3-6H2,1-2H3,(H,10,14);4,6H,1-3H2,(H,7,8). The van der Waals surface area contributed by atoms with Crippen molar-refractivity contribution >= 4 is 11.9 Å². The molecule has 1 amide bonds. The van der Waals surface area contributed by atoms with Crippen LogP contribution in [-0.2, 0) is 9.59 Å². The van der Waals surface area contributed by atoms with E-state index in [1.165, 1.54) is 0 Å². The number of aliphatic hydroxyl groups excluding tert-OH is 3. The van der Waals surface area contributed by atoms with Crippen molar-refractivity contribution in [3.63, 3.8) is 0 Å². The normalized spacial score (nSPS) is 19.0. The van der Waals surface area contributed by atoms with Crippen LogP contribution in [0.2, 0.25) is 0 Å². The van der Waals surface area contributed by atoms with Crippen LogP contribution in [0.3, 0.4) is 0 Å². The lowest BCUT2D eigenvalue weighted by molar-refractivity contribution is -0.139. The number of amides is 1. The second-order valence-electron chi connectivity index (χ2n) is 5.90. The van der Waals surface area contributed by atoms with Gasteiger partial charge >= 0.3 is 5.97 Å². The topological polar surface area (TPSA) is 139 Å². The Morgan fingerprint density at radius 2 is 2.00 bits per heavy atom. The molecule has 1 aliphatic rings. The Hall–Kier alpha value is -1.22. The fourth-order valence-electron chi connectivity index (χ4n) is 1.72. The van der Waals surface area contributed by atoms with Gasteiger partial charge in [-0.3, -0.25) is 9.59 Å². The molecule has 0 spiro atoms. The Bertz CT molecular complexity index is 342. The van der Waals surface area contributed by atoms with Crippen molar-refractivity contribution in [3.05, 3.63) is 0 Å². The molecular weight excluding hydrogens is 292 g/mol. The summed E-state index contributed by atoms with van der Waals surface area (Å²) in [6.45, 7) is 4.12. The second-order valence-corrected chi connectivity index (χ2v) is 5.90. The largest absolute Gasteiger partial charge is 0.480 e. The molecule has 0 saturated carbocycles. The fourth-order valence-corrected chi connectivity index (χ4v) is 1.72. The number of carboxylic acids is 1. The predicted octanol–water partition coefficient (Wildman–Crippen LogP) is -1.31. The summed E-state index contributed by atoms with van der Waals surface area (Å²) in [5, 5.41) is 40.6. The minimum Gasteiger partial charge on any atom is -0.480 e. The van der Waals surface area contributed by atoms with Crippen LogP contribution in [0.1, 0.15) is 33.1 Å². The van der Waals surface area contributed by atoms with Gasteiger partial charge < -0.3 is 31.1 Å². The third-order valence-electron chi connectivity index (χ3n) is 3.39. The Morgan fingerprint density at radius 3 is 2.36 bits per heavy atom. The maximum atomic E-state index is 11.3. The van der Waals surface area contributed by atoms with E-state index in [0.29, 0.717) is 13.0 Å². The van der Waals surface area contributed by atoms with Crippen LogP contribution >= 0.6 is 0 Å². The SMILES string of the molecule is CC(C)(CO)C(O)C(=O)NCCCO.O=C(O)C1CCCN1. The van der Waals surface area contributed by atoms with Crippen molar-refractivity contribution in [1.29, 1.82) is 0 Å². The maximum absolute atomic E-state index is 11.3. The predicted molar refractivity (Wildman–Crippen MR) is 80.2 cm³/mol. The van der Waals surface area contributed by atoms with Crippen LogP contribution in [-0.4, -0.2) is 70.8 Å². The Morgan fingerprint density at radius 1 is 1.36 bits per heavy atom. The molecule has 8 nitrogen and oxygen atoms in total. The summed E-state index contributed by atoms with van der Waals surface area (Å²) in [4.78, 5) is 21.4. The number of aliphatic hydroxyl groups is 3. The van der Waals surface area contributed by atoms with Gasteiger partial charge in [0.25, 0.3) is 0 Å². The summed E-state index contributed by atoms with van der Waals surface area (Å²) in [5.41, 5.74) is -0.844. The average Bonchev–Trinajstić information content (AvgIpc) is 3.01. The van der Waals surface area contributed by atoms with E-state index in [9.17, 15) is 14.7 Å². The van der Waals surface area contributed by atoms with Gasteiger partial charge in [0.05, 0.1) is 6.61 Å². The first-order chi connectivity index (χ1) is 10.3. The van der Waals surface area contributed by atoms with Crippen molar-refractivity contribution in [2.45, 2.75) is 45.3 Å². The number of aliphatic carboxylic acids is 1. The summed E-state index contributed by atoms with van der Waals surface area (Å²) in [6.07, 6.45) is 1.01. The Kier molecular flexibility index (Phi) is 9.91. The van der Waals surface area contributed by atoms with Gasteiger partial charge in [0, 0.05) is 18.6 Å². The number of carbonyl (C=O) groups excluding carboxylic acids is 1. The number of rotatable bonds is 7. The van der Waals surface area contributed by atoms with Gasteiger partial charge in [0.2, 0.25) is 5.91 Å². The number of carbonyl (C=O) groups is 2. The molecule has 1 fully saturated rings. The van der Waals surface area contributed by atoms with Crippen LogP contribution in [0.15, 0.2) is 0 Å². The van der Waals surface area contributed by atoms with E-state index in [0.717, 1.165) is 19.4 Å². The van der Waals surface area contributed by atoms with E-state index >= 15 is 0 Å². The van der Waals surface area contributed by atoms with Crippen molar-refractivity contribution < 1.29 is 30.0 Å². The maximum Gasteiger partial charge on any atom is 0.320 e. The summed E-state index contributed by atoms with van der Waals surface area (Å²) >= 11 is 0. The Balaban J connectivity index is 0.000000461. The van der Waals surface area contributed by atoms with Crippen molar-refractivity contribution in [2.75, 3.05) is 26.3 Å². The molecular formula is C14H28N2O6. The minimum atomic E-state index is -1.23. The summed E-state index contributed by atoms with van der Waals surface area (Å²) in [5.74, 6) is -1.24. The zero-order chi connectivity index (χ0) is 17.2. The van der Waals surface area contributed by atoms with Gasteiger partial charge in [-0.2, -0.15) is 0 Å². The lowest BCUT2D eigenvalue weighted by Gasteiger charge is -2.27. The van der Waals surface area contributed by atoms with Crippen molar-refractivity contribution in [1.82, 2.24) is 10.6 Å². The summed E-state index contributed by atoms with van der Waals surface area (Å²) in [6, 6.07) is -0.269. The van der Waals surface area contributed by atoms with Gasteiger partial charge in [-0.1, -0.05) is 13.8 Å². The quantitative estimate of drug-likeness (QED) is 0.320. The van der Waals surface area contributed by atoms with Crippen LogP contribution in [0, 0.1) is 5.41 Å². The molecule has 1 rings (SSSR count). The van der Waals surface area contributed by atoms with E-state index in [4.69, 9.17) is 15.3 Å². The molecule has 1 saturated heterocycles. The zero-order valence-corrected chi connectivity index (χ0v) is 13.2. The monoisotopic (exact) mass is 320 g/mol. The summed E-state index contributed by atoms with van der Waals surface area (Å²) < 4.78 is 0. The lowest BCUT2D eigenvalue weighted by Crippen LogP contribution is -2.45. The third-order valence-corrected chi connectivity index (χ3v) is 3.39. The fraction of sp³-hybridized carbons (Fsp3) is 0.857. The smallest absolute Gasteiger partial charge is 0.320 e. The third kappa shape index (κ3) is 7.69. The van der Waals surface area contributed by atoms with Crippen LogP contribution in [0.25, 0.3) is 0 Å². The van der Waals surface area contributed by atoms with E-state index in [1.807, 2.05) is 0 Å². The van der Waals surface area contributed by atoms with E-state index in [-0.39, 0.29) is 19.3 Å². The molecule has 1 aliphatic heterocycles. The molecule has 0 aliphatic carbocycles. The highest BCUT2D eigenvalue weighted by Crippen LogP contribution is 2.19. The molecule has 130 valence electrons. The zero-order valence-electron chi connectivity index (χ0n) is 13.2. The molecule has 1 heterocycles. The molecule has 2 unspecified atom stereocenters. The highest BCUT2D eigenvalue weighted by molar-refractivity contribution is 5.81. The van der Waals surface area contributed by atoms with E-state index in [2.05, 4.69) is 10.6 Å². The molecule has 0 bridgehead atoms. The number of nitrogens with one attached hydrogen (secondary N) is 2. The molecule has 6 N–H and O–H groups in total. The first kappa shape index (κ1) is 20.8. The molecule has 0 radical (unpaired) electrons. The van der Waals surface area contributed by atoms with Crippen molar-refractivity contribution in [2.24, 2.45) is 5.41 Å². The van der Waals surface area contributed by atoms with Crippen molar-refractivity contribution in [3.8, 4) is 0 Å². The van der Waals surface area contributed by atoms with Gasteiger partial charge in [-0.05, 0) is 25.8 Å². The van der Waals surface area contributed by atoms with Crippen LogP contribution < -0.4 is 10.6 Å². The van der Waals surface area contributed by atoms with Crippen LogP contribution in [0.5, 0.6) is 0 Å². The minimum absolute atomic E-state index is 0.000230. The van der Waals surface area contributed by atoms with Gasteiger partial charge in [0.15, 0.2) is 0 Å². The number of hydrogen-bond acceptors (Lipinski definition) is 6. The molecule has 22 heavy (non-hydrogen) atoms. The molecule has 0 aromatic carbocycles. The molecule has 0 aromatic heterocycles. The first-order valence-electron chi connectivity index (χ1n) is 7.40. The lowest BCUT2D eigenvalue weighted by atomic mass is 9.87. The number of hydrogen-bond donors (Lipinski definition) is 6. The highest BCUT2D eigenvalue weighted by Gasteiger charge is 2.32. The van der Waals surface area contributed by atoms with E-state index < -0.39 is 23.4 Å². The first-order valence-corrected chi connectivity index (χ1v) is 7.40. The number of carboxylic acid groups (broad SMARTS) is 1.